The largest absolute Gasteiger partial charge is 0.493 e. The summed E-state index contributed by atoms with van der Waals surface area (Å²) in [5.41, 5.74) is 1.22. The van der Waals surface area contributed by atoms with Crippen molar-refractivity contribution >= 4 is 0 Å². The highest BCUT2D eigenvalue weighted by Crippen LogP contribution is 2.32. The number of methoxy groups -OCH3 is 2. The molecular formula is C13H19NO2. The molecule has 88 valence electrons. The van der Waals surface area contributed by atoms with Gasteiger partial charge in [0.05, 0.1) is 14.2 Å². The second-order valence-corrected chi connectivity index (χ2v) is 4.15. The highest BCUT2D eigenvalue weighted by Gasteiger charge is 2.18. The minimum absolute atomic E-state index is 0.584. The van der Waals surface area contributed by atoms with Gasteiger partial charge in [0, 0.05) is 6.04 Å². The van der Waals surface area contributed by atoms with Crippen LogP contribution in [0, 0.1) is 0 Å². The van der Waals surface area contributed by atoms with Crippen LogP contribution in [0.4, 0.5) is 0 Å². The first-order valence-corrected chi connectivity index (χ1v) is 5.78. The van der Waals surface area contributed by atoms with Crippen molar-refractivity contribution in [3.8, 4) is 11.5 Å². The van der Waals surface area contributed by atoms with Crippen LogP contribution in [0.5, 0.6) is 11.5 Å². The lowest BCUT2D eigenvalue weighted by atomic mass is 10.0. The van der Waals surface area contributed by atoms with Crippen molar-refractivity contribution in [1.29, 1.82) is 0 Å². The van der Waals surface area contributed by atoms with Crippen LogP contribution in [0.15, 0.2) is 18.2 Å². The smallest absolute Gasteiger partial charge is 0.163 e. The molecule has 0 aliphatic carbocycles. The third-order valence-electron chi connectivity index (χ3n) is 3.11. The highest BCUT2D eigenvalue weighted by atomic mass is 16.5. The number of benzene rings is 1. The summed E-state index contributed by atoms with van der Waals surface area (Å²) in [5, 5.41) is 3.50. The minimum Gasteiger partial charge on any atom is -0.493 e. The van der Waals surface area contributed by atoms with Crippen molar-refractivity contribution in [2.45, 2.75) is 25.3 Å². The second-order valence-electron chi connectivity index (χ2n) is 4.15. The lowest BCUT2D eigenvalue weighted by molar-refractivity contribution is 0.350. The highest BCUT2D eigenvalue weighted by molar-refractivity contribution is 5.46. The van der Waals surface area contributed by atoms with Gasteiger partial charge in [-0.1, -0.05) is 12.1 Å². The van der Waals surface area contributed by atoms with E-state index >= 15 is 0 Å². The average molecular weight is 221 g/mol. The van der Waals surface area contributed by atoms with E-state index in [9.17, 15) is 0 Å². The van der Waals surface area contributed by atoms with Crippen LogP contribution in [0.25, 0.3) is 0 Å². The Morgan fingerprint density at radius 3 is 2.81 bits per heavy atom. The molecular weight excluding hydrogens is 202 g/mol. The second kappa shape index (κ2) is 5.21. The zero-order chi connectivity index (χ0) is 11.4. The van der Waals surface area contributed by atoms with E-state index < -0.39 is 0 Å². The first-order chi connectivity index (χ1) is 7.85. The molecule has 0 spiro atoms. The predicted octanol–water partition coefficient (Wildman–Crippen LogP) is 2.00. The fourth-order valence-electron chi connectivity index (χ4n) is 2.31. The summed E-state index contributed by atoms with van der Waals surface area (Å²) in [5.74, 6) is 1.69. The van der Waals surface area contributed by atoms with E-state index in [2.05, 4.69) is 11.4 Å². The van der Waals surface area contributed by atoms with Gasteiger partial charge in [0.25, 0.3) is 0 Å². The normalized spacial score (nSPS) is 19.8. The molecule has 0 bridgehead atoms. The van der Waals surface area contributed by atoms with Crippen LogP contribution in [0.3, 0.4) is 0 Å². The fourth-order valence-corrected chi connectivity index (χ4v) is 2.31. The van der Waals surface area contributed by atoms with Gasteiger partial charge in [-0.15, -0.1) is 0 Å². The zero-order valence-electron chi connectivity index (χ0n) is 9.95. The fraction of sp³-hybridized carbons (Fsp3) is 0.538. The molecule has 1 aliphatic rings. The molecule has 1 fully saturated rings. The van der Waals surface area contributed by atoms with Crippen molar-refractivity contribution in [3.05, 3.63) is 23.8 Å². The van der Waals surface area contributed by atoms with Crippen LogP contribution >= 0.6 is 0 Å². The summed E-state index contributed by atoms with van der Waals surface area (Å²) in [6.07, 6.45) is 3.54. The molecule has 1 aromatic carbocycles. The number of ether oxygens (including phenoxy) is 2. The lowest BCUT2D eigenvalue weighted by Crippen LogP contribution is -2.23. The van der Waals surface area contributed by atoms with E-state index in [0.717, 1.165) is 24.5 Å². The maximum absolute atomic E-state index is 5.42. The van der Waals surface area contributed by atoms with E-state index in [-0.39, 0.29) is 0 Å². The van der Waals surface area contributed by atoms with Gasteiger partial charge in [0.15, 0.2) is 11.5 Å². The average Bonchev–Trinajstić information content (AvgIpc) is 2.81. The first kappa shape index (κ1) is 11.3. The molecule has 2 rings (SSSR count). The predicted molar refractivity (Wildman–Crippen MR) is 64.3 cm³/mol. The molecule has 1 N–H and O–H groups in total. The third kappa shape index (κ3) is 2.30. The molecule has 0 saturated carbocycles. The Balaban J connectivity index is 2.18. The van der Waals surface area contributed by atoms with Gasteiger partial charge in [0.2, 0.25) is 0 Å². The molecule has 1 aromatic rings. The zero-order valence-corrected chi connectivity index (χ0v) is 9.95. The van der Waals surface area contributed by atoms with Gasteiger partial charge in [-0.25, -0.2) is 0 Å². The number of hydrogen-bond acceptors (Lipinski definition) is 3. The van der Waals surface area contributed by atoms with Crippen molar-refractivity contribution in [2.75, 3.05) is 20.8 Å². The SMILES string of the molecule is COc1cccc(CC2CCCN2)c1OC. The molecule has 16 heavy (non-hydrogen) atoms. The number of rotatable bonds is 4. The molecule has 1 aliphatic heterocycles. The summed E-state index contributed by atoms with van der Waals surface area (Å²) >= 11 is 0. The number of nitrogens with one attached hydrogen (secondary N) is 1. The summed E-state index contributed by atoms with van der Waals surface area (Å²) in [7, 11) is 3.37. The standard InChI is InChI=1S/C13H19NO2/c1-15-12-7-3-5-10(13(12)16-2)9-11-6-4-8-14-11/h3,5,7,11,14H,4,6,8-9H2,1-2H3. The molecule has 0 aromatic heterocycles. The quantitative estimate of drug-likeness (QED) is 0.843. The van der Waals surface area contributed by atoms with Crippen LogP contribution in [0.2, 0.25) is 0 Å². The van der Waals surface area contributed by atoms with Gasteiger partial charge >= 0.3 is 0 Å². The third-order valence-corrected chi connectivity index (χ3v) is 3.11. The van der Waals surface area contributed by atoms with E-state index in [1.807, 2.05) is 12.1 Å². The Morgan fingerprint density at radius 2 is 2.19 bits per heavy atom. The Morgan fingerprint density at radius 1 is 1.31 bits per heavy atom. The lowest BCUT2D eigenvalue weighted by Gasteiger charge is -2.15. The van der Waals surface area contributed by atoms with Gasteiger partial charge in [0.1, 0.15) is 0 Å². The van der Waals surface area contributed by atoms with E-state index in [1.54, 1.807) is 14.2 Å². The molecule has 1 heterocycles. The Bertz CT molecular complexity index is 346. The van der Waals surface area contributed by atoms with Crippen molar-refractivity contribution in [2.24, 2.45) is 0 Å². The van der Waals surface area contributed by atoms with Crippen LogP contribution in [0.1, 0.15) is 18.4 Å². The van der Waals surface area contributed by atoms with Gasteiger partial charge in [-0.05, 0) is 37.4 Å². The monoisotopic (exact) mass is 221 g/mol. The Kier molecular flexibility index (Phi) is 3.67. The molecule has 0 radical (unpaired) electrons. The van der Waals surface area contributed by atoms with E-state index in [1.165, 1.54) is 18.4 Å². The first-order valence-electron chi connectivity index (χ1n) is 5.78. The van der Waals surface area contributed by atoms with Crippen molar-refractivity contribution < 1.29 is 9.47 Å². The Labute approximate surface area is 96.8 Å². The molecule has 3 nitrogen and oxygen atoms in total. The maximum Gasteiger partial charge on any atom is 0.163 e. The summed E-state index contributed by atoms with van der Waals surface area (Å²) in [4.78, 5) is 0. The maximum atomic E-state index is 5.42. The van der Waals surface area contributed by atoms with Crippen molar-refractivity contribution in [3.63, 3.8) is 0 Å². The molecule has 1 atom stereocenters. The van der Waals surface area contributed by atoms with Crippen LogP contribution in [-0.4, -0.2) is 26.8 Å². The topological polar surface area (TPSA) is 30.5 Å². The Hall–Kier alpha value is -1.22. The molecule has 1 unspecified atom stereocenters. The molecule has 0 amide bonds. The van der Waals surface area contributed by atoms with Crippen LogP contribution < -0.4 is 14.8 Å². The summed E-state index contributed by atoms with van der Waals surface area (Å²) in [6, 6.07) is 6.65. The number of para-hydroxylation sites is 1. The van der Waals surface area contributed by atoms with Gasteiger partial charge in [-0.3, -0.25) is 0 Å². The molecule has 1 saturated heterocycles. The van der Waals surface area contributed by atoms with E-state index in [4.69, 9.17) is 9.47 Å². The van der Waals surface area contributed by atoms with Gasteiger partial charge < -0.3 is 14.8 Å². The summed E-state index contributed by atoms with van der Waals surface area (Å²) in [6.45, 7) is 1.14. The molecule has 3 heteroatoms. The van der Waals surface area contributed by atoms with Crippen LogP contribution in [-0.2, 0) is 6.42 Å². The van der Waals surface area contributed by atoms with Crippen molar-refractivity contribution in [1.82, 2.24) is 5.32 Å². The summed E-state index contributed by atoms with van der Waals surface area (Å²) < 4.78 is 10.7. The van der Waals surface area contributed by atoms with Gasteiger partial charge in [-0.2, -0.15) is 0 Å². The number of hydrogen-bond donors (Lipinski definition) is 1. The minimum atomic E-state index is 0.584. The van der Waals surface area contributed by atoms with E-state index in [0.29, 0.717) is 6.04 Å².